The molecule has 1 aliphatic heterocycles. The Morgan fingerprint density at radius 3 is 3.00 bits per heavy atom. The number of rotatable bonds is 3. The van der Waals surface area contributed by atoms with Crippen LogP contribution in [-0.2, 0) is 6.54 Å². The van der Waals surface area contributed by atoms with Crippen molar-refractivity contribution in [2.24, 2.45) is 5.92 Å². The number of nitrogens with one attached hydrogen (secondary N) is 1. The molecular formula is C19H20ClN3OS. The summed E-state index contributed by atoms with van der Waals surface area (Å²) in [4.78, 5) is 23.6. The monoisotopic (exact) mass is 373 g/mol. The van der Waals surface area contributed by atoms with Gasteiger partial charge in [0.05, 0.1) is 11.9 Å². The number of aromatic nitrogens is 2. The number of halogens is 1. The van der Waals surface area contributed by atoms with Crippen molar-refractivity contribution in [3.8, 4) is 11.1 Å². The Labute approximate surface area is 155 Å². The first-order valence-electron chi connectivity index (χ1n) is 8.59. The maximum absolute atomic E-state index is 12.7. The zero-order chi connectivity index (χ0) is 17.4. The number of benzene rings is 1. The molecule has 1 aromatic carbocycles. The highest BCUT2D eigenvalue weighted by Crippen LogP contribution is 2.34. The third kappa shape index (κ3) is 3.36. The van der Waals surface area contributed by atoms with Gasteiger partial charge in [0.1, 0.15) is 10.7 Å². The standard InChI is InChI=1S/C19H20ClN3OS/c1-12-5-4-8-23(9-12)10-16-21-18(24)17-14(11-25-19(17)22-16)13-6-2-3-7-15(13)20/h2-3,6-7,11-12H,4-5,8-10H2,1H3,(H,21,22,24)/t12-/m0/s1. The lowest BCUT2D eigenvalue weighted by Crippen LogP contribution is -2.34. The largest absolute Gasteiger partial charge is 0.309 e. The summed E-state index contributed by atoms with van der Waals surface area (Å²) in [6.45, 7) is 5.12. The van der Waals surface area contributed by atoms with Crippen molar-refractivity contribution in [2.45, 2.75) is 26.3 Å². The molecule has 2 aromatic heterocycles. The van der Waals surface area contributed by atoms with Crippen LogP contribution < -0.4 is 5.56 Å². The molecule has 130 valence electrons. The summed E-state index contributed by atoms with van der Waals surface area (Å²) in [5.41, 5.74) is 1.65. The number of thiophene rings is 1. The number of H-pyrrole nitrogens is 1. The van der Waals surface area contributed by atoms with Gasteiger partial charge in [-0.1, -0.05) is 36.7 Å². The van der Waals surface area contributed by atoms with Gasteiger partial charge in [0.25, 0.3) is 5.56 Å². The van der Waals surface area contributed by atoms with E-state index in [9.17, 15) is 4.79 Å². The van der Waals surface area contributed by atoms with Gasteiger partial charge in [0.15, 0.2) is 0 Å². The Morgan fingerprint density at radius 1 is 1.36 bits per heavy atom. The average Bonchev–Trinajstić information content (AvgIpc) is 2.99. The zero-order valence-corrected chi connectivity index (χ0v) is 15.7. The van der Waals surface area contributed by atoms with Crippen LogP contribution in [0.4, 0.5) is 0 Å². The van der Waals surface area contributed by atoms with Crippen molar-refractivity contribution in [3.63, 3.8) is 0 Å². The Balaban J connectivity index is 1.70. The van der Waals surface area contributed by atoms with E-state index in [2.05, 4.69) is 16.8 Å². The van der Waals surface area contributed by atoms with Gasteiger partial charge in [0.2, 0.25) is 0 Å². The molecule has 1 aliphatic rings. The molecule has 0 saturated carbocycles. The molecule has 4 nitrogen and oxygen atoms in total. The quantitative estimate of drug-likeness (QED) is 0.733. The summed E-state index contributed by atoms with van der Waals surface area (Å²) in [5, 5.41) is 3.25. The Kier molecular flexibility index (Phi) is 4.63. The first-order valence-corrected chi connectivity index (χ1v) is 9.85. The van der Waals surface area contributed by atoms with Crippen LogP contribution in [0.1, 0.15) is 25.6 Å². The van der Waals surface area contributed by atoms with E-state index >= 15 is 0 Å². The minimum Gasteiger partial charge on any atom is -0.309 e. The van der Waals surface area contributed by atoms with Gasteiger partial charge in [-0.15, -0.1) is 11.3 Å². The zero-order valence-electron chi connectivity index (χ0n) is 14.1. The molecule has 1 atom stereocenters. The number of piperidine rings is 1. The van der Waals surface area contributed by atoms with Crippen molar-refractivity contribution < 1.29 is 0 Å². The second-order valence-electron chi connectivity index (χ2n) is 6.80. The van der Waals surface area contributed by atoms with E-state index in [1.807, 2.05) is 29.6 Å². The summed E-state index contributed by atoms with van der Waals surface area (Å²) in [6, 6.07) is 7.60. The lowest BCUT2D eigenvalue weighted by atomic mass is 10.0. The van der Waals surface area contributed by atoms with Crippen LogP contribution in [-0.4, -0.2) is 28.0 Å². The normalized spacial score (nSPS) is 18.7. The highest BCUT2D eigenvalue weighted by molar-refractivity contribution is 7.17. The molecule has 0 amide bonds. The van der Waals surface area contributed by atoms with Gasteiger partial charge < -0.3 is 4.98 Å². The molecule has 0 radical (unpaired) electrons. The Morgan fingerprint density at radius 2 is 2.20 bits per heavy atom. The van der Waals surface area contributed by atoms with E-state index < -0.39 is 0 Å². The van der Waals surface area contributed by atoms with Crippen LogP contribution >= 0.6 is 22.9 Å². The Hall–Kier alpha value is -1.69. The first-order chi connectivity index (χ1) is 12.1. The Bertz CT molecular complexity index is 965. The smallest absolute Gasteiger partial charge is 0.260 e. The van der Waals surface area contributed by atoms with Crippen LogP contribution in [0.5, 0.6) is 0 Å². The van der Waals surface area contributed by atoms with E-state index in [1.54, 1.807) is 0 Å². The van der Waals surface area contributed by atoms with E-state index in [4.69, 9.17) is 16.6 Å². The van der Waals surface area contributed by atoms with Crippen LogP contribution in [0.3, 0.4) is 0 Å². The van der Waals surface area contributed by atoms with Gasteiger partial charge >= 0.3 is 0 Å². The van der Waals surface area contributed by atoms with Gasteiger partial charge in [-0.25, -0.2) is 4.98 Å². The number of likely N-dealkylation sites (tertiary alicyclic amines) is 1. The number of aromatic amines is 1. The molecule has 3 aromatic rings. The predicted octanol–water partition coefficient (Wildman–Crippen LogP) is 4.54. The molecule has 1 N–H and O–H groups in total. The lowest BCUT2D eigenvalue weighted by molar-refractivity contribution is 0.173. The van der Waals surface area contributed by atoms with Crippen molar-refractivity contribution in [3.05, 3.63) is 50.8 Å². The average molecular weight is 374 g/mol. The van der Waals surface area contributed by atoms with Crippen molar-refractivity contribution in [1.82, 2.24) is 14.9 Å². The first kappa shape index (κ1) is 16.8. The van der Waals surface area contributed by atoms with Gasteiger partial charge in [-0.05, 0) is 31.4 Å². The van der Waals surface area contributed by atoms with Crippen molar-refractivity contribution >= 4 is 33.2 Å². The topological polar surface area (TPSA) is 49.0 Å². The molecule has 6 heteroatoms. The fourth-order valence-electron chi connectivity index (χ4n) is 3.59. The summed E-state index contributed by atoms with van der Waals surface area (Å²) in [5.74, 6) is 1.46. The fourth-order valence-corrected chi connectivity index (χ4v) is 4.78. The lowest BCUT2D eigenvalue weighted by Gasteiger charge is -2.30. The van der Waals surface area contributed by atoms with E-state index in [-0.39, 0.29) is 5.56 Å². The minimum atomic E-state index is -0.0822. The van der Waals surface area contributed by atoms with E-state index in [0.29, 0.717) is 22.9 Å². The second kappa shape index (κ2) is 6.90. The number of hydrogen-bond acceptors (Lipinski definition) is 4. The maximum Gasteiger partial charge on any atom is 0.260 e. The van der Waals surface area contributed by atoms with Gasteiger partial charge in [-0.2, -0.15) is 0 Å². The molecule has 4 rings (SSSR count). The third-order valence-electron chi connectivity index (χ3n) is 4.77. The third-order valence-corrected chi connectivity index (χ3v) is 5.97. The predicted molar refractivity (Wildman–Crippen MR) is 104 cm³/mol. The summed E-state index contributed by atoms with van der Waals surface area (Å²) >= 11 is 7.81. The van der Waals surface area contributed by atoms with Crippen molar-refractivity contribution in [1.29, 1.82) is 0 Å². The molecular weight excluding hydrogens is 354 g/mol. The molecule has 0 unspecified atom stereocenters. The summed E-state index contributed by atoms with van der Waals surface area (Å²) in [7, 11) is 0. The summed E-state index contributed by atoms with van der Waals surface area (Å²) in [6.07, 6.45) is 2.49. The molecule has 0 aliphatic carbocycles. The van der Waals surface area contributed by atoms with E-state index in [1.165, 1.54) is 24.2 Å². The van der Waals surface area contributed by atoms with Crippen LogP contribution in [0.2, 0.25) is 5.02 Å². The molecule has 0 spiro atoms. The second-order valence-corrected chi connectivity index (χ2v) is 8.07. The van der Waals surface area contributed by atoms with Crippen LogP contribution in [0, 0.1) is 5.92 Å². The minimum absolute atomic E-state index is 0.0822. The van der Waals surface area contributed by atoms with Gasteiger partial charge in [0, 0.05) is 28.1 Å². The molecule has 0 bridgehead atoms. The number of nitrogens with zero attached hydrogens (tertiary/aromatic N) is 2. The fraction of sp³-hybridized carbons (Fsp3) is 0.368. The van der Waals surface area contributed by atoms with Gasteiger partial charge in [-0.3, -0.25) is 9.69 Å². The number of fused-ring (bicyclic) bond motifs is 1. The molecule has 3 heterocycles. The van der Waals surface area contributed by atoms with Crippen LogP contribution in [0.25, 0.3) is 21.3 Å². The molecule has 1 saturated heterocycles. The molecule has 1 fully saturated rings. The molecule has 25 heavy (non-hydrogen) atoms. The van der Waals surface area contributed by atoms with Crippen LogP contribution in [0.15, 0.2) is 34.4 Å². The number of hydrogen-bond donors (Lipinski definition) is 1. The SMILES string of the molecule is C[C@H]1CCCN(Cc2nc3scc(-c4ccccc4Cl)c3c(=O)[nH]2)C1. The van der Waals surface area contributed by atoms with Crippen molar-refractivity contribution in [2.75, 3.05) is 13.1 Å². The maximum atomic E-state index is 12.7. The highest BCUT2D eigenvalue weighted by Gasteiger charge is 2.19. The highest BCUT2D eigenvalue weighted by atomic mass is 35.5. The summed E-state index contributed by atoms with van der Waals surface area (Å²) < 4.78 is 0. The van der Waals surface area contributed by atoms with E-state index in [0.717, 1.165) is 34.9 Å².